The van der Waals surface area contributed by atoms with Crippen LogP contribution in [0.4, 0.5) is 0 Å². The Bertz CT molecular complexity index is 596. The van der Waals surface area contributed by atoms with Gasteiger partial charge in [-0.1, -0.05) is 55.3 Å². The molecule has 1 N–H and O–H groups in total. The summed E-state index contributed by atoms with van der Waals surface area (Å²) in [6.45, 7) is 2.71. The van der Waals surface area contributed by atoms with Gasteiger partial charge in [-0.05, 0) is 36.4 Å². The molecule has 1 fully saturated rings. The first kappa shape index (κ1) is 15.7. The van der Waals surface area contributed by atoms with Crippen LogP contribution in [0.5, 0.6) is 0 Å². The zero-order chi connectivity index (χ0) is 15.2. The highest BCUT2D eigenvalue weighted by Crippen LogP contribution is 2.17. The lowest BCUT2D eigenvalue weighted by molar-refractivity contribution is -0.122. The van der Waals surface area contributed by atoms with Gasteiger partial charge in [0.05, 0.1) is 0 Å². The lowest BCUT2D eigenvalue weighted by Gasteiger charge is -2.12. The van der Waals surface area contributed by atoms with E-state index in [0.29, 0.717) is 22.4 Å². The maximum atomic E-state index is 12.2. The molecular weight excluding hydrogens is 304 g/mol. The molecule has 110 valence electrons. The minimum absolute atomic E-state index is 0.118. The van der Waals surface area contributed by atoms with Crippen molar-refractivity contribution in [2.45, 2.75) is 19.8 Å². The summed E-state index contributed by atoms with van der Waals surface area (Å²) in [6.07, 6.45) is 5.37. The van der Waals surface area contributed by atoms with Crippen molar-refractivity contribution in [3.05, 3.63) is 52.7 Å². The number of hydrogen-bond donors (Lipinski definition) is 1. The highest BCUT2D eigenvalue weighted by Gasteiger charge is 2.29. The van der Waals surface area contributed by atoms with E-state index >= 15 is 0 Å². The van der Waals surface area contributed by atoms with E-state index in [4.69, 9.17) is 23.8 Å². The molecule has 0 spiro atoms. The molecule has 1 aromatic carbocycles. The minimum atomic E-state index is -0.118. The lowest BCUT2D eigenvalue weighted by Crippen LogP contribution is -2.31. The van der Waals surface area contributed by atoms with Crippen molar-refractivity contribution in [1.82, 2.24) is 10.2 Å². The molecule has 2 rings (SSSR count). The third kappa shape index (κ3) is 4.16. The molecule has 1 amide bonds. The van der Waals surface area contributed by atoms with Gasteiger partial charge >= 0.3 is 0 Å². The van der Waals surface area contributed by atoms with E-state index in [-0.39, 0.29) is 5.91 Å². The Balaban J connectivity index is 2.13. The highest BCUT2D eigenvalue weighted by atomic mass is 35.5. The molecule has 0 aromatic heterocycles. The van der Waals surface area contributed by atoms with E-state index < -0.39 is 0 Å². The number of nitrogens with zero attached hydrogens (tertiary/aromatic N) is 1. The number of benzene rings is 1. The molecule has 1 saturated heterocycles. The van der Waals surface area contributed by atoms with E-state index in [1.54, 1.807) is 17.1 Å². The smallest absolute Gasteiger partial charge is 0.276 e. The summed E-state index contributed by atoms with van der Waals surface area (Å²) >= 11 is 11.4. The number of carbonyl (C=O) groups excluding carboxylic acids is 1. The van der Waals surface area contributed by atoms with Gasteiger partial charge in [-0.25, -0.2) is 0 Å². The topological polar surface area (TPSA) is 32.3 Å². The molecule has 1 aromatic rings. The fourth-order valence-electron chi connectivity index (χ4n) is 1.98. The van der Waals surface area contributed by atoms with Crippen LogP contribution in [0.3, 0.4) is 0 Å². The van der Waals surface area contributed by atoms with Crippen LogP contribution in [0.1, 0.15) is 25.3 Å². The predicted molar refractivity (Wildman–Crippen MR) is 90.7 cm³/mol. The van der Waals surface area contributed by atoms with Crippen molar-refractivity contribution in [3.63, 3.8) is 0 Å². The Hall–Kier alpha value is -1.65. The largest absolute Gasteiger partial charge is 0.328 e. The molecule has 0 aliphatic carbocycles. The number of carbonyl (C=O) groups is 1. The SMILES string of the molecule is CCCCN1C(=O)/C(=C\C(Cl)=C\c2ccccc2)NC1=S. The fourth-order valence-corrected chi connectivity index (χ4v) is 2.50. The Morgan fingerprint density at radius 1 is 1.38 bits per heavy atom. The zero-order valence-corrected chi connectivity index (χ0v) is 13.4. The number of hydrogen-bond acceptors (Lipinski definition) is 2. The summed E-state index contributed by atoms with van der Waals surface area (Å²) in [5.41, 5.74) is 1.41. The van der Waals surface area contributed by atoms with Crippen molar-refractivity contribution < 1.29 is 4.79 Å². The number of unbranched alkanes of at least 4 members (excludes halogenated alkanes) is 1. The fraction of sp³-hybridized carbons (Fsp3) is 0.250. The van der Waals surface area contributed by atoms with Crippen molar-refractivity contribution in [3.8, 4) is 0 Å². The maximum absolute atomic E-state index is 12.2. The number of thiocarbonyl (C=S) groups is 1. The normalized spacial score (nSPS) is 17.5. The number of halogens is 1. The van der Waals surface area contributed by atoms with Crippen molar-refractivity contribution in [1.29, 1.82) is 0 Å². The van der Waals surface area contributed by atoms with Gasteiger partial charge in [0.15, 0.2) is 5.11 Å². The van der Waals surface area contributed by atoms with Gasteiger partial charge in [-0.15, -0.1) is 0 Å². The molecule has 1 heterocycles. The third-order valence-corrected chi connectivity index (χ3v) is 3.62. The minimum Gasteiger partial charge on any atom is -0.328 e. The van der Waals surface area contributed by atoms with Crippen LogP contribution < -0.4 is 5.32 Å². The van der Waals surface area contributed by atoms with Gasteiger partial charge in [0.2, 0.25) is 0 Å². The van der Waals surface area contributed by atoms with E-state index in [0.717, 1.165) is 18.4 Å². The van der Waals surface area contributed by atoms with Gasteiger partial charge in [0.25, 0.3) is 5.91 Å². The van der Waals surface area contributed by atoms with Gasteiger partial charge in [-0.2, -0.15) is 0 Å². The Labute approximate surface area is 135 Å². The summed E-state index contributed by atoms with van der Waals surface area (Å²) in [6, 6.07) is 9.70. The monoisotopic (exact) mass is 320 g/mol. The van der Waals surface area contributed by atoms with E-state index in [1.165, 1.54) is 0 Å². The number of rotatable bonds is 5. The molecule has 1 aliphatic heterocycles. The molecule has 0 saturated carbocycles. The van der Waals surface area contributed by atoms with Crippen LogP contribution in [0.2, 0.25) is 0 Å². The molecule has 1 aliphatic rings. The zero-order valence-electron chi connectivity index (χ0n) is 11.8. The first-order valence-electron chi connectivity index (χ1n) is 6.88. The molecule has 0 bridgehead atoms. The second-order valence-electron chi connectivity index (χ2n) is 4.74. The van der Waals surface area contributed by atoms with E-state index in [1.807, 2.05) is 30.3 Å². The van der Waals surface area contributed by atoms with Crippen molar-refractivity contribution >= 4 is 40.9 Å². The summed E-state index contributed by atoms with van der Waals surface area (Å²) in [5, 5.41) is 3.85. The third-order valence-electron chi connectivity index (χ3n) is 3.08. The molecule has 5 heteroatoms. The average Bonchev–Trinajstić information content (AvgIpc) is 2.72. The van der Waals surface area contributed by atoms with Crippen LogP contribution in [-0.4, -0.2) is 22.5 Å². The standard InChI is InChI=1S/C16H17ClN2OS/c1-2-3-9-19-15(20)14(18-16(19)21)11-13(17)10-12-7-5-4-6-8-12/h4-8,10-11H,2-3,9H2,1H3,(H,18,21)/b13-10-,14-11+. The predicted octanol–water partition coefficient (Wildman–Crippen LogP) is 3.67. The molecule has 0 atom stereocenters. The van der Waals surface area contributed by atoms with Gasteiger partial charge < -0.3 is 5.32 Å². The quantitative estimate of drug-likeness (QED) is 0.663. The molecule has 21 heavy (non-hydrogen) atoms. The molecule has 3 nitrogen and oxygen atoms in total. The van der Waals surface area contributed by atoms with Crippen molar-refractivity contribution in [2.75, 3.05) is 6.54 Å². The van der Waals surface area contributed by atoms with Crippen LogP contribution in [0, 0.1) is 0 Å². The second kappa shape index (κ2) is 7.38. The number of amides is 1. The van der Waals surface area contributed by atoms with E-state index in [9.17, 15) is 4.79 Å². The lowest BCUT2D eigenvalue weighted by atomic mass is 10.2. The van der Waals surface area contributed by atoms with Crippen LogP contribution in [0.25, 0.3) is 6.08 Å². The van der Waals surface area contributed by atoms with Crippen LogP contribution in [0.15, 0.2) is 47.1 Å². The second-order valence-corrected chi connectivity index (χ2v) is 5.56. The van der Waals surface area contributed by atoms with E-state index in [2.05, 4.69) is 12.2 Å². The highest BCUT2D eigenvalue weighted by molar-refractivity contribution is 7.80. The first-order chi connectivity index (χ1) is 10.1. The Kier molecular flexibility index (Phi) is 5.53. The molecule has 0 radical (unpaired) electrons. The summed E-state index contributed by atoms with van der Waals surface area (Å²) in [5.74, 6) is -0.118. The summed E-state index contributed by atoms with van der Waals surface area (Å²) in [4.78, 5) is 13.8. The van der Waals surface area contributed by atoms with Gasteiger partial charge in [0, 0.05) is 11.6 Å². The first-order valence-corrected chi connectivity index (χ1v) is 7.67. The Morgan fingerprint density at radius 2 is 2.10 bits per heavy atom. The van der Waals surface area contributed by atoms with Gasteiger partial charge in [0.1, 0.15) is 5.70 Å². The Morgan fingerprint density at radius 3 is 2.76 bits per heavy atom. The average molecular weight is 321 g/mol. The summed E-state index contributed by atoms with van der Waals surface area (Å²) < 4.78 is 0. The summed E-state index contributed by atoms with van der Waals surface area (Å²) in [7, 11) is 0. The van der Waals surface area contributed by atoms with Gasteiger partial charge in [-0.3, -0.25) is 9.69 Å². The van der Waals surface area contributed by atoms with Crippen LogP contribution >= 0.6 is 23.8 Å². The maximum Gasteiger partial charge on any atom is 0.276 e. The molecular formula is C16H17ClN2OS. The number of allylic oxidation sites excluding steroid dienone is 2. The van der Waals surface area contributed by atoms with Crippen molar-refractivity contribution in [2.24, 2.45) is 0 Å². The van der Waals surface area contributed by atoms with Crippen LogP contribution in [-0.2, 0) is 4.79 Å². The number of nitrogens with one attached hydrogen (secondary N) is 1. The molecule has 0 unspecified atom stereocenters.